The van der Waals surface area contributed by atoms with Crippen molar-refractivity contribution in [2.45, 2.75) is 20.8 Å². The van der Waals surface area contributed by atoms with Crippen LogP contribution < -0.4 is 9.64 Å². The van der Waals surface area contributed by atoms with Gasteiger partial charge in [-0.25, -0.2) is 0 Å². The van der Waals surface area contributed by atoms with Crippen LogP contribution in [0.5, 0.6) is 5.75 Å². The number of amides is 1. The smallest absolute Gasteiger partial charge is 0.234 e. The average Bonchev–Trinajstić information content (AvgIpc) is 2.67. The van der Waals surface area contributed by atoms with Gasteiger partial charge in [0.25, 0.3) is 0 Å². The molecule has 1 amide bonds. The molecule has 2 aromatic carbocycles. The van der Waals surface area contributed by atoms with Gasteiger partial charge in [-0.1, -0.05) is 42.5 Å². The molecule has 0 atom stereocenters. The first-order chi connectivity index (χ1) is 12.5. The normalized spacial score (nSPS) is 11.5. The summed E-state index contributed by atoms with van der Waals surface area (Å²) < 4.78 is 5.49. The van der Waals surface area contributed by atoms with Crippen molar-refractivity contribution in [2.24, 2.45) is 5.41 Å². The van der Waals surface area contributed by atoms with Crippen molar-refractivity contribution in [3.63, 3.8) is 0 Å². The first-order valence-electron chi connectivity index (χ1n) is 8.80. The molecule has 0 fully saturated rings. The summed E-state index contributed by atoms with van der Waals surface area (Å²) in [5.41, 5.74) is 1.29. The van der Waals surface area contributed by atoms with Gasteiger partial charge >= 0.3 is 0 Å². The Kier molecular flexibility index (Phi) is 7.28. The van der Waals surface area contributed by atoms with Crippen molar-refractivity contribution in [3.05, 3.63) is 66.2 Å². The summed E-state index contributed by atoms with van der Waals surface area (Å²) in [5, 5.41) is 0. The Labute approximate surface area is 161 Å². The monoisotopic (exact) mass is 371 g/mol. The minimum atomic E-state index is -0.638. The molecule has 4 heteroatoms. The van der Waals surface area contributed by atoms with Crippen molar-refractivity contribution in [1.82, 2.24) is 0 Å². The van der Waals surface area contributed by atoms with Gasteiger partial charge in [-0.15, -0.1) is 11.6 Å². The van der Waals surface area contributed by atoms with E-state index in [9.17, 15) is 4.79 Å². The summed E-state index contributed by atoms with van der Waals surface area (Å²) in [6.45, 7) is 6.76. The van der Waals surface area contributed by atoms with Crippen LogP contribution >= 0.6 is 11.6 Å². The molecule has 26 heavy (non-hydrogen) atoms. The minimum Gasteiger partial charge on any atom is -0.494 e. The maximum Gasteiger partial charge on any atom is 0.234 e. The van der Waals surface area contributed by atoms with E-state index in [0.717, 1.165) is 17.0 Å². The van der Waals surface area contributed by atoms with Crippen molar-refractivity contribution < 1.29 is 9.53 Å². The number of carbonyl (C=O) groups excluding carboxylic acids is 1. The van der Waals surface area contributed by atoms with Crippen LogP contribution in [0.4, 0.5) is 5.69 Å². The number of anilines is 1. The highest BCUT2D eigenvalue weighted by Gasteiger charge is 2.31. The number of rotatable bonds is 8. The summed E-state index contributed by atoms with van der Waals surface area (Å²) in [7, 11) is 0. The number of alkyl halides is 1. The first-order valence-corrected chi connectivity index (χ1v) is 9.34. The molecule has 0 unspecified atom stereocenters. The van der Waals surface area contributed by atoms with Crippen molar-refractivity contribution in [1.29, 1.82) is 0 Å². The molecule has 0 aromatic heterocycles. The molecular formula is C22H26ClNO2. The Hall–Kier alpha value is -2.26. The van der Waals surface area contributed by atoms with E-state index in [1.165, 1.54) is 0 Å². The van der Waals surface area contributed by atoms with Gasteiger partial charge in [0.1, 0.15) is 5.75 Å². The van der Waals surface area contributed by atoms with E-state index in [1.807, 2.05) is 87.5 Å². The lowest BCUT2D eigenvalue weighted by molar-refractivity contribution is -0.125. The molecule has 0 aliphatic heterocycles. The van der Waals surface area contributed by atoms with Gasteiger partial charge in [0.05, 0.1) is 12.0 Å². The molecule has 0 aliphatic rings. The first kappa shape index (κ1) is 20.1. The zero-order valence-electron chi connectivity index (χ0n) is 15.6. The van der Waals surface area contributed by atoms with Crippen LogP contribution in [-0.4, -0.2) is 24.9 Å². The molecule has 0 aliphatic carbocycles. The van der Waals surface area contributed by atoms with Crippen LogP contribution in [0.25, 0.3) is 6.08 Å². The van der Waals surface area contributed by atoms with E-state index in [2.05, 4.69) is 0 Å². The number of hydrogen-bond acceptors (Lipinski definition) is 2. The third-order valence-corrected chi connectivity index (χ3v) is 4.68. The van der Waals surface area contributed by atoms with Crippen molar-refractivity contribution >= 4 is 29.3 Å². The fourth-order valence-electron chi connectivity index (χ4n) is 2.48. The highest BCUT2D eigenvalue weighted by molar-refractivity contribution is 6.20. The van der Waals surface area contributed by atoms with E-state index in [-0.39, 0.29) is 11.8 Å². The van der Waals surface area contributed by atoms with Crippen LogP contribution in [0, 0.1) is 5.41 Å². The fraction of sp³-hybridized carbons (Fsp3) is 0.318. The van der Waals surface area contributed by atoms with E-state index in [1.54, 1.807) is 4.90 Å². The van der Waals surface area contributed by atoms with E-state index >= 15 is 0 Å². The van der Waals surface area contributed by atoms with Gasteiger partial charge in [0.2, 0.25) is 5.91 Å². The Balaban J connectivity index is 2.23. The third kappa shape index (κ3) is 5.37. The SMILES string of the molecule is CCOc1ccc(N(C/C=C/c2ccccc2)C(=O)C(C)(C)CCl)cc1. The van der Waals surface area contributed by atoms with Crippen molar-refractivity contribution in [2.75, 3.05) is 23.9 Å². The number of ether oxygens (including phenoxy) is 1. The van der Waals surface area contributed by atoms with E-state index < -0.39 is 5.41 Å². The largest absolute Gasteiger partial charge is 0.494 e. The molecule has 0 heterocycles. The lowest BCUT2D eigenvalue weighted by Crippen LogP contribution is -2.42. The third-order valence-electron chi connectivity index (χ3n) is 4.02. The van der Waals surface area contributed by atoms with Crippen LogP contribution in [0.1, 0.15) is 26.3 Å². The number of carbonyl (C=O) groups is 1. The Morgan fingerprint density at radius 1 is 1.12 bits per heavy atom. The second-order valence-electron chi connectivity index (χ2n) is 6.67. The molecule has 138 valence electrons. The number of benzene rings is 2. The lowest BCUT2D eigenvalue weighted by Gasteiger charge is -2.30. The fourth-order valence-corrected chi connectivity index (χ4v) is 2.59. The summed E-state index contributed by atoms with van der Waals surface area (Å²) in [4.78, 5) is 14.8. The second-order valence-corrected chi connectivity index (χ2v) is 6.94. The molecule has 2 rings (SSSR count). The van der Waals surface area contributed by atoms with Gasteiger partial charge < -0.3 is 9.64 Å². The van der Waals surface area contributed by atoms with Crippen LogP contribution in [0.3, 0.4) is 0 Å². The molecule has 0 bridgehead atoms. The number of halogens is 1. The standard InChI is InChI=1S/C22H26ClNO2/c1-4-26-20-14-12-19(13-15-20)24(21(25)22(2,3)17-23)16-8-11-18-9-6-5-7-10-18/h5-15H,4,16-17H2,1-3H3/b11-8+. The average molecular weight is 372 g/mol. The number of hydrogen-bond donors (Lipinski definition) is 0. The highest BCUT2D eigenvalue weighted by atomic mass is 35.5. The van der Waals surface area contributed by atoms with Gasteiger partial charge in [-0.05, 0) is 50.6 Å². The lowest BCUT2D eigenvalue weighted by atomic mass is 9.94. The Morgan fingerprint density at radius 3 is 2.35 bits per heavy atom. The maximum atomic E-state index is 13.0. The summed E-state index contributed by atoms with van der Waals surface area (Å²) in [6, 6.07) is 17.6. The van der Waals surface area contributed by atoms with Crippen LogP contribution in [0.15, 0.2) is 60.7 Å². The quantitative estimate of drug-likeness (QED) is 0.581. The van der Waals surface area contributed by atoms with Gasteiger partial charge in [0, 0.05) is 18.1 Å². The highest BCUT2D eigenvalue weighted by Crippen LogP contribution is 2.27. The van der Waals surface area contributed by atoms with Gasteiger partial charge in [0.15, 0.2) is 0 Å². The maximum absolute atomic E-state index is 13.0. The molecule has 0 saturated carbocycles. The van der Waals surface area contributed by atoms with Crippen LogP contribution in [0.2, 0.25) is 0 Å². The van der Waals surface area contributed by atoms with E-state index in [0.29, 0.717) is 13.2 Å². The molecule has 0 spiro atoms. The van der Waals surface area contributed by atoms with Crippen LogP contribution in [-0.2, 0) is 4.79 Å². The second kappa shape index (κ2) is 9.44. The zero-order valence-corrected chi connectivity index (χ0v) is 16.4. The molecular weight excluding hydrogens is 346 g/mol. The molecule has 3 nitrogen and oxygen atoms in total. The summed E-state index contributed by atoms with van der Waals surface area (Å²) in [6.07, 6.45) is 4.01. The topological polar surface area (TPSA) is 29.5 Å². The van der Waals surface area contributed by atoms with Gasteiger partial charge in [-0.3, -0.25) is 4.79 Å². The van der Waals surface area contributed by atoms with E-state index in [4.69, 9.17) is 16.3 Å². The molecule has 0 radical (unpaired) electrons. The Bertz CT molecular complexity index is 724. The summed E-state index contributed by atoms with van der Waals surface area (Å²) in [5.74, 6) is 1.05. The molecule has 2 aromatic rings. The predicted octanol–water partition coefficient (Wildman–Crippen LogP) is 5.40. The summed E-state index contributed by atoms with van der Waals surface area (Å²) >= 11 is 6.03. The molecule has 0 N–H and O–H groups in total. The number of nitrogens with zero attached hydrogens (tertiary/aromatic N) is 1. The van der Waals surface area contributed by atoms with Gasteiger partial charge in [-0.2, -0.15) is 0 Å². The minimum absolute atomic E-state index is 0.00521. The molecule has 0 saturated heterocycles. The predicted molar refractivity (Wildman–Crippen MR) is 110 cm³/mol. The van der Waals surface area contributed by atoms with Crippen molar-refractivity contribution in [3.8, 4) is 5.75 Å². The zero-order chi connectivity index (χ0) is 19.0. The Morgan fingerprint density at radius 2 is 1.77 bits per heavy atom.